The molecular formula is C23H22NOS+. The number of rotatable bonds is 2. The summed E-state index contributed by atoms with van der Waals surface area (Å²) in [5.41, 5.74) is 3.81. The average Bonchev–Trinajstić information content (AvgIpc) is 2.95. The zero-order chi connectivity index (χ0) is 18.0. The van der Waals surface area contributed by atoms with Crippen LogP contribution in [0.25, 0.3) is 32.1 Å². The zero-order valence-electron chi connectivity index (χ0n) is 15.6. The topological polar surface area (TPSA) is 13.1 Å². The molecule has 5 rings (SSSR count). The molecule has 0 radical (unpaired) electrons. The molecule has 1 aliphatic rings. The van der Waals surface area contributed by atoms with Crippen molar-refractivity contribution in [3.8, 4) is 22.8 Å². The van der Waals surface area contributed by atoms with Crippen LogP contribution in [0.1, 0.15) is 24.3 Å². The standard InChI is InChI=1S/C23H22NOS/c1-13(2)11-19-23-21-18(26-19)9-10-24(4)22(21)20-14(3)16-8-6-5-7-15(16)12-17(20)25-23/h5-10,12-13H,11H2,1-4H3/q+1. The van der Waals surface area contributed by atoms with Crippen LogP contribution in [0.4, 0.5) is 0 Å². The molecule has 3 heterocycles. The highest BCUT2D eigenvalue weighted by Crippen LogP contribution is 2.52. The Bertz CT molecular complexity index is 1190. The van der Waals surface area contributed by atoms with E-state index in [9.17, 15) is 0 Å². The van der Waals surface area contributed by atoms with Gasteiger partial charge in [-0.1, -0.05) is 38.1 Å². The molecule has 4 aromatic rings. The van der Waals surface area contributed by atoms with E-state index in [2.05, 4.69) is 75.0 Å². The number of aromatic nitrogens is 1. The van der Waals surface area contributed by atoms with E-state index in [0.29, 0.717) is 5.92 Å². The van der Waals surface area contributed by atoms with E-state index >= 15 is 0 Å². The molecule has 0 fully saturated rings. The number of hydrogen-bond donors (Lipinski definition) is 0. The first kappa shape index (κ1) is 15.8. The molecule has 130 valence electrons. The van der Waals surface area contributed by atoms with Crippen molar-refractivity contribution in [1.82, 2.24) is 0 Å². The summed E-state index contributed by atoms with van der Waals surface area (Å²) in [5, 5.41) is 3.82. The van der Waals surface area contributed by atoms with Crippen molar-refractivity contribution in [3.05, 3.63) is 53.0 Å². The van der Waals surface area contributed by atoms with Gasteiger partial charge in [0.15, 0.2) is 11.9 Å². The Morgan fingerprint density at radius 2 is 1.96 bits per heavy atom. The SMILES string of the molecule is Cc1c2c(cc3ccccc13)Oc1c(CC(C)C)sc3cc[n+](C)c-2c13. The van der Waals surface area contributed by atoms with Crippen molar-refractivity contribution in [2.75, 3.05) is 0 Å². The van der Waals surface area contributed by atoms with Gasteiger partial charge in [-0.05, 0) is 41.7 Å². The summed E-state index contributed by atoms with van der Waals surface area (Å²) in [4.78, 5) is 1.36. The molecule has 0 bridgehead atoms. The lowest BCUT2D eigenvalue weighted by Crippen LogP contribution is -2.31. The summed E-state index contributed by atoms with van der Waals surface area (Å²) >= 11 is 1.88. The minimum Gasteiger partial charge on any atom is -0.454 e. The molecule has 1 aliphatic heterocycles. The Hall–Kier alpha value is -2.39. The van der Waals surface area contributed by atoms with Crippen LogP contribution in [-0.4, -0.2) is 0 Å². The van der Waals surface area contributed by atoms with E-state index in [0.717, 1.165) is 17.9 Å². The van der Waals surface area contributed by atoms with Gasteiger partial charge in [-0.3, -0.25) is 0 Å². The van der Waals surface area contributed by atoms with Gasteiger partial charge in [0, 0.05) is 10.9 Å². The van der Waals surface area contributed by atoms with Gasteiger partial charge in [0.25, 0.3) is 0 Å². The number of ether oxygens (including phenoxy) is 1. The summed E-state index contributed by atoms with van der Waals surface area (Å²) in [6.45, 7) is 6.76. The second kappa shape index (κ2) is 5.55. The Balaban J connectivity index is 1.91. The summed E-state index contributed by atoms with van der Waals surface area (Å²) < 4.78 is 10.1. The summed E-state index contributed by atoms with van der Waals surface area (Å²) in [6, 6.07) is 13.0. The first-order valence-corrected chi connectivity index (χ1v) is 10.0. The van der Waals surface area contributed by atoms with Crippen LogP contribution in [0.3, 0.4) is 0 Å². The fraction of sp³-hybridized carbons (Fsp3) is 0.261. The van der Waals surface area contributed by atoms with E-state index in [1.165, 1.54) is 42.6 Å². The van der Waals surface area contributed by atoms with Gasteiger partial charge in [-0.25, -0.2) is 4.57 Å². The highest BCUT2D eigenvalue weighted by atomic mass is 32.1. The van der Waals surface area contributed by atoms with E-state index < -0.39 is 0 Å². The van der Waals surface area contributed by atoms with E-state index in [1.807, 2.05) is 11.3 Å². The molecule has 0 aliphatic carbocycles. The van der Waals surface area contributed by atoms with Crippen molar-refractivity contribution in [2.45, 2.75) is 27.2 Å². The van der Waals surface area contributed by atoms with Gasteiger partial charge < -0.3 is 4.74 Å². The van der Waals surface area contributed by atoms with Gasteiger partial charge in [-0.15, -0.1) is 11.3 Å². The maximum atomic E-state index is 6.56. The average molecular weight is 361 g/mol. The Labute approximate surface area is 157 Å². The van der Waals surface area contributed by atoms with Crippen LogP contribution in [-0.2, 0) is 13.5 Å². The van der Waals surface area contributed by atoms with Gasteiger partial charge in [0.1, 0.15) is 18.2 Å². The first-order chi connectivity index (χ1) is 12.5. The second-order valence-electron chi connectivity index (χ2n) is 7.66. The lowest BCUT2D eigenvalue weighted by atomic mass is 9.93. The fourth-order valence-electron chi connectivity index (χ4n) is 4.15. The van der Waals surface area contributed by atoms with Crippen molar-refractivity contribution in [2.24, 2.45) is 13.0 Å². The monoisotopic (exact) mass is 360 g/mol. The van der Waals surface area contributed by atoms with E-state index in [4.69, 9.17) is 4.74 Å². The quantitative estimate of drug-likeness (QED) is 0.344. The minimum absolute atomic E-state index is 0.611. The maximum absolute atomic E-state index is 6.56. The first-order valence-electron chi connectivity index (χ1n) is 9.19. The summed E-state index contributed by atoms with van der Waals surface area (Å²) in [6.07, 6.45) is 3.24. The van der Waals surface area contributed by atoms with Gasteiger partial charge >= 0.3 is 0 Å². The van der Waals surface area contributed by atoms with Gasteiger partial charge in [0.05, 0.1) is 10.3 Å². The fourth-order valence-corrected chi connectivity index (χ4v) is 5.49. The molecule has 0 saturated carbocycles. The number of hydrogen-bond acceptors (Lipinski definition) is 2. The number of benzene rings is 2. The molecule has 0 amide bonds. The van der Waals surface area contributed by atoms with Crippen molar-refractivity contribution in [1.29, 1.82) is 0 Å². The second-order valence-corrected chi connectivity index (χ2v) is 8.80. The number of pyridine rings is 1. The molecule has 0 saturated heterocycles. The third-order valence-electron chi connectivity index (χ3n) is 5.31. The van der Waals surface area contributed by atoms with Crippen LogP contribution in [0, 0.1) is 12.8 Å². The Morgan fingerprint density at radius 3 is 2.77 bits per heavy atom. The molecule has 3 heteroatoms. The summed E-state index contributed by atoms with van der Waals surface area (Å²) in [7, 11) is 2.14. The zero-order valence-corrected chi connectivity index (χ0v) is 16.4. The van der Waals surface area contributed by atoms with Crippen LogP contribution in [0.15, 0.2) is 42.6 Å². The summed E-state index contributed by atoms with van der Waals surface area (Å²) in [5.74, 6) is 2.67. The molecule has 26 heavy (non-hydrogen) atoms. The Morgan fingerprint density at radius 1 is 1.15 bits per heavy atom. The molecule has 0 unspecified atom stereocenters. The molecule has 0 N–H and O–H groups in total. The van der Waals surface area contributed by atoms with Crippen LogP contribution in [0.2, 0.25) is 0 Å². The predicted octanol–water partition coefficient (Wildman–Crippen LogP) is 6.16. The van der Waals surface area contributed by atoms with Crippen molar-refractivity contribution < 1.29 is 9.30 Å². The molecule has 2 nitrogen and oxygen atoms in total. The minimum atomic E-state index is 0.611. The van der Waals surface area contributed by atoms with Gasteiger partial charge in [0.2, 0.25) is 5.69 Å². The lowest BCUT2D eigenvalue weighted by molar-refractivity contribution is -0.659. The van der Waals surface area contributed by atoms with Crippen LogP contribution >= 0.6 is 11.3 Å². The van der Waals surface area contributed by atoms with Crippen LogP contribution < -0.4 is 9.30 Å². The van der Waals surface area contributed by atoms with Crippen molar-refractivity contribution >= 4 is 32.2 Å². The number of fused-ring (bicyclic) bond motifs is 3. The predicted molar refractivity (Wildman–Crippen MR) is 109 cm³/mol. The van der Waals surface area contributed by atoms with Crippen molar-refractivity contribution in [3.63, 3.8) is 0 Å². The largest absolute Gasteiger partial charge is 0.454 e. The normalized spacial score (nSPS) is 12.7. The third-order valence-corrected chi connectivity index (χ3v) is 6.47. The van der Waals surface area contributed by atoms with Gasteiger partial charge in [-0.2, -0.15) is 0 Å². The molecule has 2 aromatic carbocycles. The highest BCUT2D eigenvalue weighted by Gasteiger charge is 2.33. The number of aryl methyl sites for hydroxylation is 2. The maximum Gasteiger partial charge on any atom is 0.228 e. The van der Waals surface area contributed by atoms with E-state index in [-0.39, 0.29) is 0 Å². The number of thiophene rings is 1. The number of nitrogens with zero attached hydrogens (tertiary/aromatic N) is 1. The molecule has 0 spiro atoms. The smallest absolute Gasteiger partial charge is 0.228 e. The molecule has 2 aromatic heterocycles. The third kappa shape index (κ3) is 2.13. The lowest BCUT2D eigenvalue weighted by Gasteiger charge is -2.20. The highest BCUT2D eigenvalue weighted by molar-refractivity contribution is 7.19. The Kier molecular flexibility index (Phi) is 3.38. The molecular weight excluding hydrogens is 338 g/mol. The molecule has 0 atom stereocenters. The van der Waals surface area contributed by atoms with E-state index in [1.54, 1.807) is 0 Å². The van der Waals surface area contributed by atoms with Crippen LogP contribution in [0.5, 0.6) is 11.5 Å².